The molecule has 10 nitrogen and oxygen atoms in total. The van der Waals surface area contributed by atoms with Crippen LogP contribution >= 0.6 is 7.82 Å². The van der Waals surface area contributed by atoms with E-state index in [1.807, 2.05) is 0 Å². The van der Waals surface area contributed by atoms with Gasteiger partial charge in [0.1, 0.15) is 7.82 Å². The Morgan fingerprint density at radius 1 is 1.47 bits per heavy atom. The van der Waals surface area contributed by atoms with E-state index in [1.165, 1.54) is 0 Å². The Labute approximate surface area is 93.5 Å². The summed E-state index contributed by atoms with van der Waals surface area (Å²) in [5, 5.41) is 13.6. The Bertz CT molecular complexity index is 547. The average Bonchev–Trinajstić information content (AvgIpc) is 2.18. The summed E-state index contributed by atoms with van der Waals surface area (Å²) in [5.74, 6) is -0.736. The SMILES string of the molecule is [N-]=[N+]=Nc1ccc(OP(=O)([O-])[O-])c([N+](=O)[O-])c1. The molecule has 1 rings (SSSR count). The maximum atomic E-state index is 10.6. The van der Waals surface area contributed by atoms with Crippen LogP contribution in [0.15, 0.2) is 23.3 Å². The molecule has 11 heteroatoms. The molecular formula is C6H3N4O6P-2. The Hall–Kier alpha value is -2.12. The first kappa shape index (κ1) is 12.9. The van der Waals surface area contributed by atoms with Gasteiger partial charge in [-0.25, -0.2) is 0 Å². The maximum absolute atomic E-state index is 10.6. The molecule has 0 aliphatic heterocycles. The Kier molecular flexibility index (Phi) is 3.66. The number of rotatable bonds is 4. The van der Waals surface area contributed by atoms with E-state index in [-0.39, 0.29) is 5.69 Å². The monoisotopic (exact) mass is 258 g/mol. The maximum Gasteiger partial charge on any atom is 0.311 e. The highest BCUT2D eigenvalue weighted by Gasteiger charge is 2.16. The minimum absolute atomic E-state index is 0.113. The smallest absolute Gasteiger partial charge is 0.311 e. The molecule has 17 heavy (non-hydrogen) atoms. The molecule has 0 radical (unpaired) electrons. The molecule has 90 valence electrons. The fourth-order valence-corrected chi connectivity index (χ4v) is 1.36. The van der Waals surface area contributed by atoms with Gasteiger partial charge in [-0.1, -0.05) is 5.11 Å². The summed E-state index contributed by atoms with van der Waals surface area (Å²) in [6, 6.07) is 2.70. The van der Waals surface area contributed by atoms with Gasteiger partial charge < -0.3 is 18.9 Å². The average molecular weight is 258 g/mol. The highest BCUT2D eigenvalue weighted by molar-refractivity contribution is 7.43. The van der Waals surface area contributed by atoms with Crippen molar-refractivity contribution in [3.63, 3.8) is 0 Å². The minimum atomic E-state index is -5.39. The molecular weight excluding hydrogens is 255 g/mol. The van der Waals surface area contributed by atoms with Crippen LogP contribution in [0.25, 0.3) is 10.4 Å². The van der Waals surface area contributed by atoms with Gasteiger partial charge in [-0.3, -0.25) is 10.1 Å². The largest absolute Gasteiger partial charge is 0.780 e. The molecule has 0 saturated carbocycles. The molecule has 0 aromatic heterocycles. The van der Waals surface area contributed by atoms with Gasteiger partial charge in [-0.05, 0) is 17.7 Å². The van der Waals surface area contributed by atoms with Crippen molar-refractivity contribution in [2.45, 2.75) is 0 Å². The van der Waals surface area contributed by atoms with Crippen LogP contribution in [0.5, 0.6) is 5.75 Å². The lowest BCUT2D eigenvalue weighted by Crippen LogP contribution is -2.19. The lowest BCUT2D eigenvalue weighted by atomic mass is 10.2. The molecule has 0 atom stereocenters. The van der Waals surface area contributed by atoms with E-state index in [0.717, 1.165) is 18.2 Å². The number of azide groups is 1. The van der Waals surface area contributed by atoms with Gasteiger partial charge in [0.15, 0.2) is 0 Å². The number of hydrogen-bond acceptors (Lipinski definition) is 7. The van der Waals surface area contributed by atoms with Crippen molar-refractivity contribution < 1.29 is 23.8 Å². The summed E-state index contributed by atoms with van der Waals surface area (Å²) in [6.07, 6.45) is 0. The molecule has 0 N–H and O–H groups in total. The van der Waals surface area contributed by atoms with E-state index in [4.69, 9.17) is 5.53 Å². The molecule has 0 fully saturated rings. The fraction of sp³-hybridized carbons (Fsp3) is 0. The van der Waals surface area contributed by atoms with E-state index in [0.29, 0.717) is 0 Å². The van der Waals surface area contributed by atoms with Crippen LogP contribution in [0, 0.1) is 10.1 Å². The molecule has 0 saturated heterocycles. The molecule has 0 spiro atoms. The van der Waals surface area contributed by atoms with Crippen LogP contribution in [0.2, 0.25) is 0 Å². The second-order valence-electron chi connectivity index (χ2n) is 2.64. The summed E-state index contributed by atoms with van der Waals surface area (Å²) >= 11 is 0. The van der Waals surface area contributed by atoms with Crippen LogP contribution in [-0.4, -0.2) is 4.92 Å². The second kappa shape index (κ2) is 4.81. The van der Waals surface area contributed by atoms with Crippen molar-refractivity contribution in [1.82, 2.24) is 0 Å². The highest BCUT2D eigenvalue weighted by Crippen LogP contribution is 2.38. The molecule has 0 heterocycles. The number of benzene rings is 1. The predicted octanol–water partition coefficient (Wildman–Crippen LogP) is 0.744. The van der Waals surface area contributed by atoms with Crippen LogP contribution in [-0.2, 0) is 4.57 Å². The third-order valence-electron chi connectivity index (χ3n) is 1.51. The van der Waals surface area contributed by atoms with Gasteiger partial charge in [0.25, 0.3) is 0 Å². The number of nitro groups is 1. The van der Waals surface area contributed by atoms with E-state index in [2.05, 4.69) is 14.5 Å². The summed E-state index contributed by atoms with van der Waals surface area (Å²) < 4.78 is 14.2. The molecule has 1 aromatic rings. The minimum Gasteiger partial charge on any atom is -0.780 e. The first-order valence-electron chi connectivity index (χ1n) is 3.88. The Balaban J connectivity index is 3.27. The van der Waals surface area contributed by atoms with Gasteiger partial charge in [0.2, 0.25) is 5.75 Å². The van der Waals surface area contributed by atoms with E-state index in [1.54, 1.807) is 0 Å². The number of phosphoric ester groups is 1. The summed E-state index contributed by atoms with van der Waals surface area (Å²) in [7, 11) is -5.39. The third kappa shape index (κ3) is 3.74. The highest BCUT2D eigenvalue weighted by atomic mass is 31.2. The molecule has 1 aromatic carbocycles. The first-order chi connectivity index (χ1) is 7.83. The molecule has 0 aliphatic carbocycles. The van der Waals surface area contributed by atoms with Gasteiger partial charge in [-0.2, -0.15) is 0 Å². The van der Waals surface area contributed by atoms with Gasteiger partial charge >= 0.3 is 5.69 Å². The van der Waals surface area contributed by atoms with Crippen molar-refractivity contribution >= 4 is 19.2 Å². The number of nitrogens with zero attached hydrogens (tertiary/aromatic N) is 4. The van der Waals surface area contributed by atoms with E-state index < -0.39 is 24.2 Å². The van der Waals surface area contributed by atoms with Crippen molar-refractivity contribution in [1.29, 1.82) is 0 Å². The van der Waals surface area contributed by atoms with Crippen molar-refractivity contribution in [3.05, 3.63) is 38.8 Å². The van der Waals surface area contributed by atoms with Crippen LogP contribution in [0.1, 0.15) is 0 Å². The van der Waals surface area contributed by atoms with E-state index >= 15 is 0 Å². The topological polar surface area (TPSA) is 164 Å². The first-order valence-corrected chi connectivity index (χ1v) is 5.35. The lowest BCUT2D eigenvalue weighted by molar-refractivity contribution is -0.386. The van der Waals surface area contributed by atoms with Gasteiger partial charge in [-0.15, -0.1) is 0 Å². The zero-order valence-corrected chi connectivity index (χ0v) is 8.81. The zero-order chi connectivity index (χ0) is 13.1. The number of hydrogen-bond donors (Lipinski definition) is 0. The lowest BCUT2D eigenvalue weighted by Gasteiger charge is -2.28. The standard InChI is InChI=1S/C6H5N4O6P/c7-9-8-4-1-2-6(16-17(13,14)15)5(3-4)10(11)12/h1-3H,(H2,13,14,15)/p-2. The third-order valence-corrected chi connectivity index (χ3v) is 1.93. The van der Waals surface area contributed by atoms with Crippen LogP contribution in [0.4, 0.5) is 11.4 Å². The molecule has 0 aliphatic rings. The van der Waals surface area contributed by atoms with E-state index in [9.17, 15) is 24.5 Å². The number of phosphoric acid groups is 1. The Morgan fingerprint density at radius 3 is 2.59 bits per heavy atom. The van der Waals surface area contributed by atoms with Crippen LogP contribution < -0.4 is 14.3 Å². The zero-order valence-electron chi connectivity index (χ0n) is 7.92. The van der Waals surface area contributed by atoms with Crippen molar-refractivity contribution in [2.24, 2.45) is 5.11 Å². The van der Waals surface area contributed by atoms with Gasteiger partial charge in [0.05, 0.1) is 4.92 Å². The number of nitro benzene ring substituents is 1. The van der Waals surface area contributed by atoms with Crippen molar-refractivity contribution in [2.75, 3.05) is 0 Å². The summed E-state index contributed by atoms with van der Waals surface area (Å²) in [4.78, 5) is 32.6. The summed E-state index contributed by atoms with van der Waals surface area (Å²) in [6.45, 7) is 0. The molecule has 0 bridgehead atoms. The van der Waals surface area contributed by atoms with Gasteiger partial charge in [0, 0.05) is 16.7 Å². The van der Waals surface area contributed by atoms with Crippen LogP contribution in [0.3, 0.4) is 0 Å². The molecule has 0 unspecified atom stereocenters. The summed E-state index contributed by atoms with van der Waals surface area (Å²) in [5.41, 5.74) is 7.21. The quantitative estimate of drug-likeness (QED) is 0.193. The molecule has 0 amide bonds. The Morgan fingerprint density at radius 2 is 2.12 bits per heavy atom. The fourth-order valence-electron chi connectivity index (χ4n) is 0.960. The normalized spacial score (nSPS) is 10.5. The second-order valence-corrected chi connectivity index (χ2v) is 3.71. The van der Waals surface area contributed by atoms with Crippen molar-refractivity contribution in [3.8, 4) is 5.75 Å². The predicted molar refractivity (Wildman–Crippen MR) is 50.1 cm³/mol.